The third kappa shape index (κ3) is 3.56. The molecule has 0 amide bonds. The molecule has 1 atom stereocenters. The zero-order chi connectivity index (χ0) is 13.6. The summed E-state index contributed by atoms with van der Waals surface area (Å²) in [5.41, 5.74) is 2.74. The van der Waals surface area contributed by atoms with E-state index in [9.17, 15) is 0 Å². The van der Waals surface area contributed by atoms with Crippen molar-refractivity contribution in [2.24, 2.45) is 0 Å². The fourth-order valence-electron chi connectivity index (χ4n) is 2.23. The van der Waals surface area contributed by atoms with E-state index in [-0.39, 0.29) is 0 Å². The van der Waals surface area contributed by atoms with Gasteiger partial charge in [-0.1, -0.05) is 93.5 Å². The van der Waals surface area contributed by atoms with E-state index in [1.807, 2.05) is 0 Å². The van der Waals surface area contributed by atoms with Crippen molar-refractivity contribution in [1.29, 1.82) is 0 Å². The van der Waals surface area contributed by atoms with Crippen LogP contribution in [0.25, 0.3) is 0 Å². The molecule has 0 nitrogen and oxygen atoms in total. The Labute approximate surface area is 122 Å². The normalized spacial score (nSPS) is 11.0. The lowest BCUT2D eigenvalue weighted by atomic mass is 10.1. The smallest absolute Gasteiger partial charge is 0.00258 e. The van der Waals surface area contributed by atoms with Crippen molar-refractivity contribution in [2.75, 3.05) is 0 Å². The summed E-state index contributed by atoms with van der Waals surface area (Å²) in [6, 6.07) is 30.3. The molecular weight excluding hydrogens is 259 g/mol. The van der Waals surface area contributed by atoms with E-state index in [2.05, 4.69) is 84.9 Å². The van der Waals surface area contributed by atoms with Crippen LogP contribution in [-0.4, -0.2) is 0 Å². The van der Waals surface area contributed by atoms with Gasteiger partial charge in [-0.3, -0.25) is 0 Å². The molecule has 0 aromatic heterocycles. The molecule has 0 aliphatic carbocycles. The third-order valence-electron chi connectivity index (χ3n) is 3.27. The predicted molar refractivity (Wildman–Crippen MR) is 89.7 cm³/mol. The van der Waals surface area contributed by atoms with Gasteiger partial charge in [-0.2, -0.15) is 0 Å². The summed E-state index contributed by atoms with van der Waals surface area (Å²) in [6.45, 7) is 0. The van der Waals surface area contributed by atoms with Crippen LogP contribution in [0, 0.1) is 0 Å². The van der Waals surface area contributed by atoms with Crippen molar-refractivity contribution < 1.29 is 0 Å². The Morgan fingerprint density at radius 1 is 0.500 bits per heavy atom. The van der Waals surface area contributed by atoms with Crippen molar-refractivity contribution in [3.05, 3.63) is 96.1 Å². The maximum absolute atomic E-state index is 2.25. The van der Waals surface area contributed by atoms with Gasteiger partial charge < -0.3 is 0 Å². The number of hydrogen-bond acceptors (Lipinski definition) is 0. The van der Waals surface area contributed by atoms with Crippen molar-refractivity contribution in [1.82, 2.24) is 0 Å². The molecule has 3 aromatic carbocycles. The van der Waals surface area contributed by atoms with Gasteiger partial charge >= 0.3 is 0 Å². The summed E-state index contributed by atoms with van der Waals surface area (Å²) in [5.74, 6) is 0. The molecule has 0 aliphatic heterocycles. The second kappa shape index (κ2) is 6.50. The standard InChI is InChI=1S/C19H17P/c1-3-7-16(8-4-1)15-17-11-13-19(14-12-17)20-18-9-5-2-6-10-18/h1-14,20H,15H2. The van der Waals surface area contributed by atoms with Crippen molar-refractivity contribution >= 4 is 19.2 Å². The molecule has 3 aromatic rings. The second-order valence-corrected chi connectivity index (χ2v) is 6.26. The highest BCUT2D eigenvalue weighted by Crippen LogP contribution is 2.13. The topological polar surface area (TPSA) is 0 Å². The summed E-state index contributed by atoms with van der Waals surface area (Å²) < 4.78 is 0. The number of rotatable bonds is 4. The van der Waals surface area contributed by atoms with Crippen molar-refractivity contribution in [3.63, 3.8) is 0 Å². The number of hydrogen-bond donors (Lipinski definition) is 0. The summed E-state index contributed by atoms with van der Waals surface area (Å²) in [4.78, 5) is 0. The predicted octanol–water partition coefficient (Wildman–Crippen LogP) is 3.91. The van der Waals surface area contributed by atoms with Crippen molar-refractivity contribution in [3.8, 4) is 0 Å². The second-order valence-electron chi connectivity index (χ2n) is 4.85. The molecule has 0 bridgehead atoms. The monoisotopic (exact) mass is 276 g/mol. The zero-order valence-corrected chi connectivity index (χ0v) is 12.3. The summed E-state index contributed by atoms with van der Waals surface area (Å²) in [6.07, 6.45) is 1.01. The first-order chi connectivity index (χ1) is 9.90. The van der Waals surface area contributed by atoms with Crippen LogP contribution in [-0.2, 0) is 6.42 Å². The Morgan fingerprint density at radius 3 is 1.65 bits per heavy atom. The molecule has 0 fully saturated rings. The molecule has 0 N–H and O–H groups in total. The lowest BCUT2D eigenvalue weighted by Gasteiger charge is -2.05. The van der Waals surface area contributed by atoms with Gasteiger partial charge in [-0.15, -0.1) is 0 Å². The molecule has 98 valence electrons. The summed E-state index contributed by atoms with van der Waals surface area (Å²) >= 11 is 0. The summed E-state index contributed by atoms with van der Waals surface area (Å²) in [7, 11) is 0.741. The van der Waals surface area contributed by atoms with Crippen molar-refractivity contribution in [2.45, 2.75) is 6.42 Å². The molecule has 0 radical (unpaired) electrons. The van der Waals surface area contributed by atoms with E-state index < -0.39 is 0 Å². The first kappa shape index (κ1) is 13.1. The molecule has 0 saturated heterocycles. The van der Waals surface area contributed by atoms with Crippen LogP contribution >= 0.6 is 8.58 Å². The fourth-order valence-corrected chi connectivity index (χ4v) is 3.25. The third-order valence-corrected chi connectivity index (χ3v) is 4.51. The highest BCUT2D eigenvalue weighted by molar-refractivity contribution is 7.55. The van der Waals surface area contributed by atoms with Gasteiger partial charge in [0.15, 0.2) is 0 Å². The molecule has 3 rings (SSSR count). The van der Waals surface area contributed by atoms with Crippen LogP contribution in [0.3, 0.4) is 0 Å². The van der Waals surface area contributed by atoms with Crippen LogP contribution in [0.2, 0.25) is 0 Å². The Kier molecular flexibility index (Phi) is 4.25. The Hall–Kier alpha value is -1.91. The van der Waals surface area contributed by atoms with E-state index in [0.29, 0.717) is 0 Å². The first-order valence-electron chi connectivity index (χ1n) is 6.85. The zero-order valence-electron chi connectivity index (χ0n) is 11.3. The van der Waals surface area contributed by atoms with E-state index >= 15 is 0 Å². The van der Waals surface area contributed by atoms with Gasteiger partial charge in [0.25, 0.3) is 0 Å². The highest BCUT2D eigenvalue weighted by Gasteiger charge is 1.98. The molecule has 0 spiro atoms. The van der Waals surface area contributed by atoms with Crippen LogP contribution in [0.1, 0.15) is 11.1 Å². The average molecular weight is 276 g/mol. The molecule has 0 aliphatic rings. The maximum atomic E-state index is 2.25. The van der Waals surface area contributed by atoms with Gasteiger partial charge in [-0.05, 0) is 28.2 Å². The minimum Gasteiger partial charge on any atom is -0.0622 e. The minimum atomic E-state index is 0.741. The quantitative estimate of drug-likeness (QED) is 0.634. The van der Waals surface area contributed by atoms with Gasteiger partial charge in [0.2, 0.25) is 0 Å². The maximum Gasteiger partial charge on any atom is -0.00258 e. The lowest BCUT2D eigenvalue weighted by Crippen LogP contribution is -2.02. The molecule has 1 heteroatoms. The van der Waals surface area contributed by atoms with Crippen LogP contribution in [0.15, 0.2) is 84.9 Å². The molecule has 1 unspecified atom stereocenters. The molecule has 0 heterocycles. The van der Waals surface area contributed by atoms with Crippen LogP contribution < -0.4 is 10.6 Å². The van der Waals surface area contributed by atoms with E-state index in [1.165, 1.54) is 21.7 Å². The largest absolute Gasteiger partial charge is 0.0622 e. The van der Waals surface area contributed by atoms with E-state index in [0.717, 1.165) is 15.0 Å². The van der Waals surface area contributed by atoms with Crippen LogP contribution in [0.5, 0.6) is 0 Å². The average Bonchev–Trinajstić information content (AvgIpc) is 2.51. The van der Waals surface area contributed by atoms with Gasteiger partial charge in [0, 0.05) is 0 Å². The van der Waals surface area contributed by atoms with E-state index in [1.54, 1.807) is 0 Å². The highest BCUT2D eigenvalue weighted by atomic mass is 31.1. The Bertz CT molecular complexity index is 582. The van der Waals surface area contributed by atoms with Gasteiger partial charge in [-0.25, -0.2) is 0 Å². The Balaban J connectivity index is 1.69. The van der Waals surface area contributed by atoms with E-state index in [4.69, 9.17) is 0 Å². The fraction of sp³-hybridized carbons (Fsp3) is 0.0526. The summed E-state index contributed by atoms with van der Waals surface area (Å²) in [5, 5.41) is 2.79. The van der Waals surface area contributed by atoms with Gasteiger partial charge in [0.1, 0.15) is 0 Å². The molecular formula is C19H17P. The first-order valence-corrected chi connectivity index (χ1v) is 7.85. The SMILES string of the molecule is c1ccc(Cc2ccc(Pc3ccccc3)cc2)cc1. The Morgan fingerprint density at radius 2 is 1.00 bits per heavy atom. The van der Waals surface area contributed by atoms with Crippen LogP contribution in [0.4, 0.5) is 0 Å². The van der Waals surface area contributed by atoms with Gasteiger partial charge in [0.05, 0.1) is 0 Å². The molecule has 0 saturated carbocycles. The lowest BCUT2D eigenvalue weighted by molar-refractivity contribution is 1.20. The molecule has 20 heavy (non-hydrogen) atoms. The minimum absolute atomic E-state index is 0.741. The number of benzene rings is 3.